The molecule has 31 heavy (non-hydrogen) atoms. The fourth-order valence-corrected chi connectivity index (χ4v) is 4.47. The van der Waals surface area contributed by atoms with Crippen molar-refractivity contribution in [3.05, 3.63) is 64.1 Å². The normalized spacial score (nSPS) is 21.6. The van der Waals surface area contributed by atoms with Crippen LogP contribution in [-0.4, -0.2) is 40.4 Å². The number of likely N-dealkylation sites (tertiary alicyclic amines) is 1. The van der Waals surface area contributed by atoms with Gasteiger partial charge in [0.1, 0.15) is 11.4 Å². The number of carbonyl (C=O) groups is 1. The molecule has 0 aromatic heterocycles. The number of nitrogens with zero attached hydrogens (tertiary/aromatic N) is 1. The van der Waals surface area contributed by atoms with Crippen LogP contribution in [0.3, 0.4) is 0 Å². The molecule has 0 radical (unpaired) electrons. The van der Waals surface area contributed by atoms with Crippen molar-refractivity contribution in [1.82, 2.24) is 4.90 Å². The zero-order valence-electron chi connectivity index (χ0n) is 17.9. The summed E-state index contributed by atoms with van der Waals surface area (Å²) >= 11 is 3.50. The van der Waals surface area contributed by atoms with Crippen molar-refractivity contribution in [3.63, 3.8) is 0 Å². The molecule has 1 N–H and O–H groups in total. The minimum atomic E-state index is -1.50. The highest BCUT2D eigenvalue weighted by Gasteiger charge is 2.60. The number of ether oxygens (including phenoxy) is 2. The second kappa shape index (κ2) is 7.89. The van der Waals surface area contributed by atoms with Gasteiger partial charge in [0.2, 0.25) is 0 Å². The van der Waals surface area contributed by atoms with E-state index in [0.717, 1.165) is 10.0 Å². The highest BCUT2D eigenvalue weighted by Crippen LogP contribution is 2.52. The minimum absolute atomic E-state index is 0.348. The lowest BCUT2D eigenvalue weighted by Gasteiger charge is -2.44. The lowest BCUT2D eigenvalue weighted by molar-refractivity contribution is -0.108. The van der Waals surface area contributed by atoms with Crippen LogP contribution in [0.15, 0.2) is 53.0 Å². The number of fused-ring (bicyclic) bond motifs is 1. The summed E-state index contributed by atoms with van der Waals surface area (Å²) in [5.74, 6) is 6.87. The van der Waals surface area contributed by atoms with Crippen LogP contribution in [0.1, 0.15) is 44.7 Å². The maximum Gasteiger partial charge on any atom is 0.410 e. The average molecular weight is 484 g/mol. The van der Waals surface area contributed by atoms with Crippen LogP contribution in [0, 0.1) is 11.8 Å². The van der Waals surface area contributed by atoms with E-state index in [4.69, 9.17) is 9.47 Å². The molecule has 0 aliphatic carbocycles. The van der Waals surface area contributed by atoms with Crippen LogP contribution in [0.5, 0.6) is 5.75 Å². The van der Waals surface area contributed by atoms with Crippen LogP contribution < -0.4 is 4.74 Å². The molecule has 2 aliphatic heterocycles. The Bertz CT molecular complexity index is 1040. The molecule has 2 aliphatic rings. The van der Waals surface area contributed by atoms with Crippen molar-refractivity contribution < 1.29 is 19.4 Å². The van der Waals surface area contributed by atoms with Gasteiger partial charge in [0.15, 0.2) is 11.2 Å². The van der Waals surface area contributed by atoms with Crippen LogP contribution in [0.25, 0.3) is 0 Å². The first-order valence-electron chi connectivity index (χ1n) is 10.4. The zero-order valence-corrected chi connectivity index (χ0v) is 19.5. The van der Waals surface area contributed by atoms with Crippen molar-refractivity contribution in [3.8, 4) is 17.6 Å². The minimum Gasteiger partial charge on any atom is -0.482 e. The Morgan fingerprint density at radius 2 is 1.84 bits per heavy atom. The second-order valence-corrected chi connectivity index (χ2v) is 9.95. The number of hydrogen-bond acceptors (Lipinski definition) is 4. The lowest BCUT2D eigenvalue weighted by Crippen LogP contribution is -2.58. The Morgan fingerprint density at radius 3 is 2.48 bits per heavy atom. The van der Waals surface area contributed by atoms with Gasteiger partial charge in [-0.05, 0) is 51.1 Å². The molecule has 1 amide bonds. The smallest absolute Gasteiger partial charge is 0.410 e. The second-order valence-electron chi connectivity index (χ2n) is 9.03. The van der Waals surface area contributed by atoms with E-state index in [1.165, 1.54) is 0 Å². The molecule has 2 aromatic rings. The van der Waals surface area contributed by atoms with E-state index >= 15 is 0 Å². The molecule has 1 spiro atoms. The Labute approximate surface area is 191 Å². The molecule has 1 fully saturated rings. The first-order valence-corrected chi connectivity index (χ1v) is 11.2. The summed E-state index contributed by atoms with van der Waals surface area (Å²) in [5, 5.41) is 12.0. The van der Waals surface area contributed by atoms with Crippen LogP contribution in [-0.2, 0) is 10.3 Å². The zero-order chi connectivity index (χ0) is 22.3. The molecule has 0 saturated carbocycles. The Kier molecular flexibility index (Phi) is 5.53. The topological polar surface area (TPSA) is 59.0 Å². The van der Waals surface area contributed by atoms with Gasteiger partial charge in [-0.15, -0.1) is 0 Å². The molecule has 5 nitrogen and oxygen atoms in total. The third-order valence-corrected chi connectivity index (χ3v) is 6.17. The summed E-state index contributed by atoms with van der Waals surface area (Å²) < 4.78 is 12.7. The molecule has 162 valence electrons. The predicted molar refractivity (Wildman–Crippen MR) is 122 cm³/mol. The highest BCUT2D eigenvalue weighted by molar-refractivity contribution is 9.10. The summed E-state index contributed by atoms with van der Waals surface area (Å²) in [4.78, 5) is 14.2. The summed E-state index contributed by atoms with van der Waals surface area (Å²) in [6.07, 6.45) is 0.538. The van der Waals surface area contributed by atoms with Crippen LogP contribution >= 0.6 is 15.9 Å². The number of carbonyl (C=O) groups excluding carboxylic acids is 1. The van der Waals surface area contributed by atoms with Crippen molar-refractivity contribution in [2.45, 2.75) is 50.4 Å². The first kappa shape index (κ1) is 21.7. The molecule has 4 rings (SSSR count). The fraction of sp³-hybridized carbons (Fsp3) is 0.400. The maximum absolute atomic E-state index is 12.5. The molecule has 1 saturated heterocycles. The third-order valence-electron chi connectivity index (χ3n) is 5.68. The van der Waals surface area contributed by atoms with Gasteiger partial charge < -0.3 is 19.5 Å². The molecule has 0 bridgehead atoms. The fourth-order valence-electron chi connectivity index (χ4n) is 4.11. The highest BCUT2D eigenvalue weighted by atomic mass is 79.9. The van der Waals surface area contributed by atoms with Gasteiger partial charge in [0, 0.05) is 41.5 Å². The maximum atomic E-state index is 12.5. The van der Waals surface area contributed by atoms with Gasteiger partial charge in [-0.2, -0.15) is 0 Å². The molecular weight excluding hydrogens is 458 g/mol. The van der Waals surface area contributed by atoms with Gasteiger partial charge >= 0.3 is 6.09 Å². The Morgan fingerprint density at radius 1 is 1.16 bits per heavy atom. The van der Waals surface area contributed by atoms with Gasteiger partial charge in [-0.3, -0.25) is 0 Å². The van der Waals surface area contributed by atoms with Crippen molar-refractivity contribution in [2.75, 3.05) is 13.1 Å². The summed E-state index contributed by atoms with van der Waals surface area (Å²) in [7, 11) is 0. The van der Waals surface area contributed by atoms with E-state index < -0.39 is 16.8 Å². The monoisotopic (exact) mass is 483 g/mol. The van der Waals surface area contributed by atoms with E-state index in [1.54, 1.807) is 4.90 Å². The van der Waals surface area contributed by atoms with Gasteiger partial charge in [-0.1, -0.05) is 46.0 Å². The van der Waals surface area contributed by atoms with E-state index in [9.17, 15) is 9.90 Å². The lowest BCUT2D eigenvalue weighted by atomic mass is 9.74. The Balaban J connectivity index is 1.66. The first-order chi connectivity index (χ1) is 14.6. The van der Waals surface area contributed by atoms with Crippen molar-refractivity contribution in [2.24, 2.45) is 0 Å². The number of rotatable bonds is 0. The summed E-state index contributed by atoms with van der Waals surface area (Å²) in [6.45, 7) is 6.38. The molecule has 6 heteroatoms. The molecule has 2 aromatic carbocycles. The van der Waals surface area contributed by atoms with E-state index in [1.807, 2.05) is 69.3 Å². The van der Waals surface area contributed by atoms with Crippen molar-refractivity contribution >= 4 is 22.0 Å². The van der Waals surface area contributed by atoms with Gasteiger partial charge in [0.05, 0.1) is 0 Å². The number of hydrogen-bond donors (Lipinski definition) is 1. The molecule has 1 atom stereocenters. The quantitative estimate of drug-likeness (QED) is 0.544. The largest absolute Gasteiger partial charge is 0.482 e. The predicted octanol–water partition coefficient (Wildman–Crippen LogP) is 4.85. The van der Waals surface area contributed by atoms with E-state index in [-0.39, 0.29) is 6.09 Å². The number of benzene rings is 2. The van der Waals surface area contributed by atoms with Gasteiger partial charge in [-0.25, -0.2) is 4.79 Å². The molecular formula is C25H26BrNO4. The third kappa shape index (κ3) is 4.17. The Hall–Kier alpha value is -2.49. The number of aliphatic hydroxyl groups is 1. The van der Waals surface area contributed by atoms with E-state index in [2.05, 4.69) is 27.8 Å². The van der Waals surface area contributed by atoms with Crippen LogP contribution in [0.4, 0.5) is 4.79 Å². The molecule has 1 unspecified atom stereocenters. The van der Waals surface area contributed by atoms with Crippen LogP contribution in [0.2, 0.25) is 0 Å². The number of halogens is 1. The van der Waals surface area contributed by atoms with Gasteiger partial charge in [0.25, 0.3) is 0 Å². The number of amides is 1. The number of piperidine rings is 1. The van der Waals surface area contributed by atoms with Crippen molar-refractivity contribution in [1.29, 1.82) is 0 Å². The standard InChI is InChI=1S/C25H26BrNO4/c1-23(2,3)31-22(28)27-15-13-24(14-16-27)25(29,12-11-18-7-5-4-6-8-18)20-17-19(26)9-10-21(20)30-24/h4-10,17,29H,13-16H2,1-3H3. The average Bonchev–Trinajstić information content (AvgIpc) is 2.95. The SMILES string of the molecule is CC(C)(C)OC(=O)N1CCC2(CC1)Oc1ccc(Br)cc1C2(O)C#Cc1ccccc1. The summed E-state index contributed by atoms with van der Waals surface area (Å²) in [6, 6.07) is 15.2. The molecule has 2 heterocycles. The summed E-state index contributed by atoms with van der Waals surface area (Å²) in [5.41, 5.74) is -1.52. The van der Waals surface area contributed by atoms with E-state index in [0.29, 0.717) is 37.2 Å².